The molecule has 4 heteroatoms. The zero-order valence-electron chi connectivity index (χ0n) is 13.4. The Morgan fingerprint density at radius 3 is 2.38 bits per heavy atom. The van der Waals surface area contributed by atoms with Gasteiger partial charge in [0, 0.05) is 18.6 Å². The lowest BCUT2D eigenvalue weighted by Crippen LogP contribution is -2.50. The summed E-state index contributed by atoms with van der Waals surface area (Å²) in [4.78, 5) is 2.34. The van der Waals surface area contributed by atoms with E-state index in [1.165, 1.54) is 25.7 Å². The Kier molecular flexibility index (Phi) is 5.62. The molecule has 1 saturated carbocycles. The highest BCUT2D eigenvalue weighted by molar-refractivity contribution is 5.28. The van der Waals surface area contributed by atoms with Gasteiger partial charge in [0.2, 0.25) is 0 Å². The summed E-state index contributed by atoms with van der Waals surface area (Å²) < 4.78 is 5.13. The summed E-state index contributed by atoms with van der Waals surface area (Å²) in [6.07, 6.45) is 4.62. The zero-order chi connectivity index (χ0) is 15.3. The molecule has 1 aromatic carbocycles. The van der Waals surface area contributed by atoms with Gasteiger partial charge in [0.1, 0.15) is 5.75 Å². The van der Waals surface area contributed by atoms with Crippen molar-refractivity contribution in [1.29, 1.82) is 0 Å². The number of nitrogens with zero attached hydrogens (tertiary/aromatic N) is 1. The molecule has 21 heavy (non-hydrogen) atoms. The standard InChI is InChI=1S/C17H28N2O2/c1-19(2)17(10-4-5-11-17)13-18-12-16(20)14-6-8-15(21-3)9-7-14/h6-9,16,18,20H,4-5,10-13H2,1-3H3. The number of methoxy groups -OCH3 is 1. The molecule has 0 radical (unpaired) electrons. The lowest BCUT2D eigenvalue weighted by Gasteiger charge is -2.37. The largest absolute Gasteiger partial charge is 0.497 e. The predicted molar refractivity (Wildman–Crippen MR) is 85.7 cm³/mol. The first-order valence-corrected chi connectivity index (χ1v) is 7.77. The average Bonchev–Trinajstić information content (AvgIpc) is 2.97. The third-order valence-corrected chi connectivity index (χ3v) is 4.78. The molecule has 0 aliphatic heterocycles. The highest BCUT2D eigenvalue weighted by Crippen LogP contribution is 2.33. The molecule has 0 spiro atoms. The lowest BCUT2D eigenvalue weighted by atomic mass is 9.96. The number of hydrogen-bond acceptors (Lipinski definition) is 4. The highest BCUT2D eigenvalue weighted by Gasteiger charge is 2.35. The van der Waals surface area contributed by atoms with Crippen LogP contribution in [0.3, 0.4) is 0 Å². The van der Waals surface area contributed by atoms with Gasteiger partial charge in [-0.15, -0.1) is 0 Å². The van der Waals surface area contributed by atoms with E-state index in [-0.39, 0.29) is 5.54 Å². The van der Waals surface area contributed by atoms with Gasteiger partial charge in [0.05, 0.1) is 13.2 Å². The van der Waals surface area contributed by atoms with E-state index in [4.69, 9.17) is 4.74 Å². The van der Waals surface area contributed by atoms with E-state index < -0.39 is 6.10 Å². The van der Waals surface area contributed by atoms with Crippen molar-refractivity contribution < 1.29 is 9.84 Å². The van der Waals surface area contributed by atoms with Crippen molar-refractivity contribution >= 4 is 0 Å². The number of aliphatic hydroxyl groups is 1. The number of likely N-dealkylation sites (N-methyl/N-ethyl adjacent to an activating group) is 1. The van der Waals surface area contributed by atoms with Crippen LogP contribution < -0.4 is 10.1 Å². The zero-order valence-corrected chi connectivity index (χ0v) is 13.4. The molecule has 1 aromatic rings. The van der Waals surface area contributed by atoms with Gasteiger partial charge in [0.15, 0.2) is 0 Å². The second kappa shape index (κ2) is 7.25. The molecule has 1 aliphatic rings. The third-order valence-electron chi connectivity index (χ3n) is 4.78. The average molecular weight is 292 g/mol. The van der Waals surface area contributed by atoms with Crippen LogP contribution in [0.5, 0.6) is 5.75 Å². The van der Waals surface area contributed by atoms with Crippen molar-refractivity contribution in [2.24, 2.45) is 0 Å². The number of aliphatic hydroxyl groups excluding tert-OH is 1. The number of benzene rings is 1. The third kappa shape index (κ3) is 3.96. The quantitative estimate of drug-likeness (QED) is 0.808. The van der Waals surface area contributed by atoms with E-state index in [2.05, 4.69) is 24.3 Å². The topological polar surface area (TPSA) is 44.7 Å². The van der Waals surface area contributed by atoms with Crippen molar-refractivity contribution in [3.05, 3.63) is 29.8 Å². The lowest BCUT2D eigenvalue weighted by molar-refractivity contribution is 0.134. The first-order valence-electron chi connectivity index (χ1n) is 7.77. The molecule has 1 unspecified atom stereocenters. The Morgan fingerprint density at radius 1 is 1.24 bits per heavy atom. The Labute approximate surface area is 128 Å². The number of ether oxygens (including phenoxy) is 1. The van der Waals surface area contributed by atoms with E-state index in [1.807, 2.05) is 24.3 Å². The van der Waals surface area contributed by atoms with Crippen LogP contribution in [-0.2, 0) is 0 Å². The van der Waals surface area contributed by atoms with Crippen LogP contribution in [0, 0.1) is 0 Å². The molecular formula is C17H28N2O2. The van der Waals surface area contributed by atoms with Gasteiger partial charge in [-0.05, 0) is 44.6 Å². The van der Waals surface area contributed by atoms with Crippen molar-refractivity contribution in [3.8, 4) is 5.75 Å². The number of hydrogen-bond donors (Lipinski definition) is 2. The van der Waals surface area contributed by atoms with Crippen molar-refractivity contribution in [2.45, 2.75) is 37.3 Å². The van der Waals surface area contributed by atoms with Crippen LogP contribution in [-0.4, -0.2) is 49.8 Å². The van der Waals surface area contributed by atoms with Crippen LogP contribution >= 0.6 is 0 Å². The number of rotatable bonds is 7. The first-order chi connectivity index (χ1) is 10.1. The maximum atomic E-state index is 10.3. The summed E-state index contributed by atoms with van der Waals surface area (Å²) in [5.41, 5.74) is 1.19. The predicted octanol–water partition coefficient (Wildman–Crippen LogP) is 2.19. The van der Waals surface area contributed by atoms with Crippen molar-refractivity contribution in [2.75, 3.05) is 34.3 Å². The number of nitrogens with one attached hydrogen (secondary N) is 1. The Balaban J connectivity index is 1.84. The van der Waals surface area contributed by atoms with E-state index in [1.54, 1.807) is 7.11 Å². The van der Waals surface area contributed by atoms with E-state index in [9.17, 15) is 5.11 Å². The van der Waals surface area contributed by atoms with Gasteiger partial charge in [0.25, 0.3) is 0 Å². The molecule has 0 bridgehead atoms. The summed E-state index contributed by atoms with van der Waals surface area (Å²) in [7, 11) is 5.97. The Bertz CT molecular complexity index is 425. The minimum atomic E-state index is -0.475. The second-order valence-corrected chi connectivity index (χ2v) is 6.25. The van der Waals surface area contributed by atoms with Gasteiger partial charge < -0.3 is 20.1 Å². The summed E-state index contributed by atoms with van der Waals surface area (Å²) in [5.74, 6) is 0.816. The SMILES string of the molecule is COc1ccc(C(O)CNCC2(N(C)C)CCCC2)cc1. The van der Waals surface area contributed by atoms with E-state index >= 15 is 0 Å². The highest BCUT2D eigenvalue weighted by atomic mass is 16.5. The van der Waals surface area contributed by atoms with Crippen LogP contribution in [0.1, 0.15) is 37.4 Å². The fourth-order valence-corrected chi connectivity index (χ4v) is 3.20. The van der Waals surface area contributed by atoms with Gasteiger partial charge in [-0.1, -0.05) is 25.0 Å². The summed E-state index contributed by atoms with van der Waals surface area (Å²) in [5, 5.41) is 13.7. The first kappa shape index (κ1) is 16.3. The fraction of sp³-hybridized carbons (Fsp3) is 0.647. The van der Waals surface area contributed by atoms with E-state index in [0.29, 0.717) is 6.54 Å². The van der Waals surface area contributed by atoms with Crippen LogP contribution in [0.15, 0.2) is 24.3 Å². The van der Waals surface area contributed by atoms with Gasteiger partial charge in [-0.3, -0.25) is 0 Å². The molecule has 2 rings (SSSR count). The van der Waals surface area contributed by atoms with Gasteiger partial charge in [-0.2, -0.15) is 0 Å². The Morgan fingerprint density at radius 2 is 1.86 bits per heavy atom. The minimum absolute atomic E-state index is 0.264. The molecule has 1 fully saturated rings. The molecule has 1 atom stereocenters. The van der Waals surface area contributed by atoms with E-state index in [0.717, 1.165) is 17.9 Å². The Hall–Kier alpha value is -1.10. The molecular weight excluding hydrogens is 264 g/mol. The minimum Gasteiger partial charge on any atom is -0.497 e. The summed E-state index contributed by atoms with van der Waals surface area (Å²) in [6.45, 7) is 1.52. The molecule has 0 heterocycles. The monoisotopic (exact) mass is 292 g/mol. The maximum absolute atomic E-state index is 10.3. The molecule has 2 N–H and O–H groups in total. The van der Waals surface area contributed by atoms with Crippen LogP contribution in [0.25, 0.3) is 0 Å². The molecule has 118 valence electrons. The summed E-state index contributed by atoms with van der Waals surface area (Å²) >= 11 is 0. The smallest absolute Gasteiger partial charge is 0.118 e. The molecule has 4 nitrogen and oxygen atoms in total. The van der Waals surface area contributed by atoms with Gasteiger partial charge >= 0.3 is 0 Å². The normalized spacial score (nSPS) is 18.9. The van der Waals surface area contributed by atoms with Crippen LogP contribution in [0.2, 0.25) is 0 Å². The van der Waals surface area contributed by atoms with Crippen LogP contribution in [0.4, 0.5) is 0 Å². The van der Waals surface area contributed by atoms with Crippen molar-refractivity contribution in [1.82, 2.24) is 10.2 Å². The van der Waals surface area contributed by atoms with Crippen molar-refractivity contribution in [3.63, 3.8) is 0 Å². The molecule has 0 aromatic heterocycles. The fourth-order valence-electron chi connectivity index (χ4n) is 3.20. The molecule has 1 aliphatic carbocycles. The van der Waals surface area contributed by atoms with Gasteiger partial charge in [-0.25, -0.2) is 0 Å². The summed E-state index contributed by atoms with van der Waals surface area (Å²) in [6, 6.07) is 7.61. The maximum Gasteiger partial charge on any atom is 0.118 e. The molecule has 0 saturated heterocycles. The molecule has 0 amide bonds. The second-order valence-electron chi connectivity index (χ2n) is 6.25.